The maximum atomic E-state index is 12.5. The molecule has 0 unspecified atom stereocenters. The molecule has 1 saturated heterocycles. The number of benzene rings is 2. The smallest absolute Gasteiger partial charge is 0.254 e. The van der Waals surface area contributed by atoms with Crippen LogP contribution in [0.25, 0.3) is 0 Å². The van der Waals surface area contributed by atoms with Crippen molar-refractivity contribution >= 4 is 29.1 Å². The van der Waals surface area contributed by atoms with Crippen molar-refractivity contribution < 1.29 is 19.1 Å². The molecule has 3 rings (SSSR count). The molecule has 0 aromatic heterocycles. The van der Waals surface area contributed by atoms with Crippen molar-refractivity contribution in [3.63, 3.8) is 0 Å². The van der Waals surface area contributed by atoms with Gasteiger partial charge in [0.05, 0.1) is 19.8 Å². The quantitative estimate of drug-likeness (QED) is 0.644. The molecule has 1 fully saturated rings. The molecule has 0 atom stereocenters. The molecular weight excluding hydrogens is 408 g/mol. The molecule has 0 aliphatic carbocycles. The molecule has 1 heterocycles. The molecule has 2 aromatic carbocycles. The van der Waals surface area contributed by atoms with Gasteiger partial charge in [-0.3, -0.25) is 14.4 Å². The summed E-state index contributed by atoms with van der Waals surface area (Å²) in [6.07, 6.45) is 0. The van der Waals surface area contributed by atoms with Crippen LogP contribution in [0.15, 0.2) is 48.5 Å². The van der Waals surface area contributed by atoms with Gasteiger partial charge < -0.3 is 25.6 Å². The molecule has 3 N–H and O–H groups in total. The van der Waals surface area contributed by atoms with Gasteiger partial charge in [0, 0.05) is 41.1 Å². The van der Waals surface area contributed by atoms with Gasteiger partial charge in [0.1, 0.15) is 0 Å². The van der Waals surface area contributed by atoms with Crippen LogP contribution in [0, 0.1) is 0 Å². The first kappa shape index (κ1) is 23.3. The fourth-order valence-corrected chi connectivity index (χ4v) is 3.22. The number of nitrogens with one attached hydrogen (secondary N) is 3. The Hall–Kier alpha value is -3.39. The fraction of sp³-hybridized carbons (Fsp3) is 0.375. The lowest BCUT2D eigenvalue weighted by atomic mass is 10.1. The first-order valence-corrected chi connectivity index (χ1v) is 10.6. The molecule has 8 heteroatoms. The molecule has 1 aliphatic rings. The average Bonchev–Trinajstić information content (AvgIpc) is 2.77. The van der Waals surface area contributed by atoms with Crippen LogP contribution in [-0.2, 0) is 9.53 Å². The van der Waals surface area contributed by atoms with Crippen LogP contribution in [0.2, 0.25) is 0 Å². The van der Waals surface area contributed by atoms with E-state index in [4.69, 9.17) is 4.74 Å². The monoisotopic (exact) mass is 438 g/mol. The molecular formula is C24H30N4O4. The van der Waals surface area contributed by atoms with Gasteiger partial charge in [-0.25, -0.2) is 0 Å². The number of carbonyl (C=O) groups excluding carboxylic acids is 3. The zero-order chi connectivity index (χ0) is 23.1. The summed E-state index contributed by atoms with van der Waals surface area (Å²) in [5.41, 5.74) is 2.02. The van der Waals surface area contributed by atoms with Crippen LogP contribution in [0.5, 0.6) is 0 Å². The Labute approximate surface area is 188 Å². The number of morpholine rings is 1. The van der Waals surface area contributed by atoms with Crippen LogP contribution < -0.4 is 16.0 Å². The van der Waals surface area contributed by atoms with Gasteiger partial charge >= 0.3 is 0 Å². The third-order valence-corrected chi connectivity index (χ3v) is 4.78. The summed E-state index contributed by atoms with van der Waals surface area (Å²) in [5, 5.41) is 8.73. The first-order valence-electron chi connectivity index (χ1n) is 10.6. The third-order valence-electron chi connectivity index (χ3n) is 4.78. The van der Waals surface area contributed by atoms with Gasteiger partial charge in [-0.15, -0.1) is 0 Å². The minimum atomic E-state index is -0.345. The second kappa shape index (κ2) is 10.3. The van der Waals surface area contributed by atoms with E-state index in [1.54, 1.807) is 53.4 Å². The largest absolute Gasteiger partial charge is 0.378 e. The van der Waals surface area contributed by atoms with Gasteiger partial charge in [-0.2, -0.15) is 0 Å². The topological polar surface area (TPSA) is 99.8 Å². The minimum Gasteiger partial charge on any atom is -0.378 e. The Morgan fingerprint density at radius 2 is 1.62 bits per heavy atom. The van der Waals surface area contributed by atoms with Crippen LogP contribution in [0.3, 0.4) is 0 Å². The van der Waals surface area contributed by atoms with Crippen LogP contribution in [0.1, 0.15) is 41.5 Å². The van der Waals surface area contributed by atoms with Gasteiger partial charge in [0.2, 0.25) is 5.91 Å². The van der Waals surface area contributed by atoms with Crippen molar-refractivity contribution in [3.8, 4) is 0 Å². The molecule has 32 heavy (non-hydrogen) atoms. The number of amides is 3. The average molecular weight is 439 g/mol. The van der Waals surface area contributed by atoms with E-state index in [0.29, 0.717) is 43.1 Å². The molecule has 2 aromatic rings. The SMILES string of the molecule is CC(C)(C)NC(=O)c1cccc(NC(=O)CNc2ccc(C(=O)N3CCOCC3)cc2)c1. The molecule has 0 saturated carbocycles. The summed E-state index contributed by atoms with van der Waals surface area (Å²) < 4.78 is 5.28. The van der Waals surface area contributed by atoms with Crippen LogP contribution in [0.4, 0.5) is 11.4 Å². The number of hydrogen-bond acceptors (Lipinski definition) is 5. The summed E-state index contributed by atoms with van der Waals surface area (Å²) in [7, 11) is 0. The zero-order valence-electron chi connectivity index (χ0n) is 18.7. The maximum Gasteiger partial charge on any atom is 0.254 e. The van der Waals surface area contributed by atoms with Crippen LogP contribution in [-0.4, -0.2) is 61.0 Å². The predicted molar refractivity (Wildman–Crippen MR) is 124 cm³/mol. The van der Waals surface area contributed by atoms with E-state index in [1.807, 2.05) is 20.8 Å². The molecule has 0 spiro atoms. The van der Waals surface area contributed by atoms with E-state index >= 15 is 0 Å². The molecule has 170 valence electrons. The standard InChI is InChI=1S/C24H30N4O4/c1-24(2,3)27-22(30)18-5-4-6-20(15-18)26-21(29)16-25-19-9-7-17(8-10-19)23(31)28-11-13-32-14-12-28/h4-10,15,25H,11-14,16H2,1-3H3,(H,26,29)(H,27,30). The lowest BCUT2D eigenvalue weighted by Gasteiger charge is -2.26. The van der Waals surface area contributed by atoms with Crippen LogP contribution >= 0.6 is 0 Å². The number of ether oxygens (including phenoxy) is 1. The maximum absolute atomic E-state index is 12.5. The summed E-state index contributed by atoms with van der Waals surface area (Å²) in [6, 6.07) is 13.9. The van der Waals surface area contributed by atoms with Crippen molar-refractivity contribution in [2.45, 2.75) is 26.3 Å². The van der Waals surface area contributed by atoms with Gasteiger partial charge in [0.15, 0.2) is 0 Å². The highest BCUT2D eigenvalue weighted by molar-refractivity contribution is 5.98. The number of carbonyl (C=O) groups is 3. The highest BCUT2D eigenvalue weighted by Gasteiger charge is 2.18. The van der Waals surface area contributed by atoms with Gasteiger partial charge in [-0.1, -0.05) is 6.07 Å². The van der Waals surface area contributed by atoms with E-state index in [9.17, 15) is 14.4 Å². The number of rotatable bonds is 6. The summed E-state index contributed by atoms with van der Waals surface area (Å²) in [6.45, 7) is 8.09. The fourth-order valence-electron chi connectivity index (χ4n) is 3.22. The van der Waals surface area contributed by atoms with Gasteiger partial charge in [0.25, 0.3) is 11.8 Å². The summed E-state index contributed by atoms with van der Waals surface area (Å²) in [4.78, 5) is 38.9. The normalized spacial score (nSPS) is 13.9. The van der Waals surface area contributed by atoms with Crippen molar-refractivity contribution in [3.05, 3.63) is 59.7 Å². The number of hydrogen-bond donors (Lipinski definition) is 3. The van der Waals surface area contributed by atoms with E-state index in [-0.39, 0.29) is 29.8 Å². The molecule has 1 aliphatic heterocycles. The summed E-state index contributed by atoms with van der Waals surface area (Å²) in [5.74, 6) is -0.460. The Kier molecular flexibility index (Phi) is 7.48. The second-order valence-corrected chi connectivity index (χ2v) is 8.67. The third kappa shape index (κ3) is 6.81. The van der Waals surface area contributed by atoms with Crippen molar-refractivity contribution in [2.24, 2.45) is 0 Å². The molecule has 8 nitrogen and oxygen atoms in total. The minimum absolute atomic E-state index is 0.0204. The zero-order valence-corrected chi connectivity index (χ0v) is 18.7. The van der Waals surface area contributed by atoms with E-state index in [0.717, 1.165) is 5.69 Å². The Morgan fingerprint density at radius 1 is 0.938 bits per heavy atom. The van der Waals surface area contributed by atoms with Crippen molar-refractivity contribution in [1.82, 2.24) is 10.2 Å². The van der Waals surface area contributed by atoms with E-state index in [2.05, 4.69) is 16.0 Å². The second-order valence-electron chi connectivity index (χ2n) is 8.67. The van der Waals surface area contributed by atoms with E-state index in [1.165, 1.54) is 0 Å². The highest BCUT2D eigenvalue weighted by atomic mass is 16.5. The molecule has 0 radical (unpaired) electrons. The first-order chi connectivity index (χ1) is 15.2. The Bertz CT molecular complexity index is 961. The molecule has 0 bridgehead atoms. The highest BCUT2D eigenvalue weighted by Crippen LogP contribution is 2.14. The van der Waals surface area contributed by atoms with E-state index < -0.39 is 0 Å². The lowest BCUT2D eigenvalue weighted by Crippen LogP contribution is -2.40. The lowest BCUT2D eigenvalue weighted by molar-refractivity contribution is -0.114. The van der Waals surface area contributed by atoms with Crippen molar-refractivity contribution in [1.29, 1.82) is 0 Å². The predicted octanol–water partition coefficient (Wildman–Crippen LogP) is 2.74. The van der Waals surface area contributed by atoms with Crippen molar-refractivity contribution in [2.75, 3.05) is 43.5 Å². The van der Waals surface area contributed by atoms with Gasteiger partial charge in [-0.05, 0) is 63.2 Å². The number of nitrogens with zero attached hydrogens (tertiary/aromatic N) is 1. The Balaban J connectivity index is 1.51. The number of anilines is 2. The summed E-state index contributed by atoms with van der Waals surface area (Å²) >= 11 is 0. The Morgan fingerprint density at radius 3 is 2.28 bits per heavy atom. The molecule has 3 amide bonds.